The van der Waals surface area contributed by atoms with Crippen molar-refractivity contribution in [2.45, 2.75) is 5.88 Å². The molecule has 0 spiro atoms. The lowest BCUT2D eigenvalue weighted by Gasteiger charge is -2.02. The van der Waals surface area contributed by atoms with Gasteiger partial charge in [0, 0.05) is 10.3 Å². The molecular weight excluding hydrogens is 223 g/mol. The van der Waals surface area contributed by atoms with Crippen LogP contribution < -0.4 is 0 Å². The number of hydrogen-bond acceptors (Lipinski definition) is 2. The fourth-order valence-electron chi connectivity index (χ4n) is 1.39. The third-order valence-corrected chi connectivity index (χ3v) is 3.32. The van der Waals surface area contributed by atoms with Crippen LogP contribution in [0, 0.1) is 5.82 Å². The van der Waals surface area contributed by atoms with E-state index in [0.717, 1.165) is 10.1 Å². The zero-order valence-corrected chi connectivity index (χ0v) is 8.66. The van der Waals surface area contributed by atoms with E-state index < -0.39 is 5.82 Å². The number of alkyl halides is 1. The van der Waals surface area contributed by atoms with Gasteiger partial charge in [0.05, 0.1) is 11.4 Å². The molecule has 2 aromatic rings. The Morgan fingerprint density at radius 2 is 2.36 bits per heavy atom. The molecular formula is C10H6ClFOS. The van der Waals surface area contributed by atoms with Crippen LogP contribution >= 0.6 is 22.9 Å². The highest BCUT2D eigenvalue weighted by molar-refractivity contribution is 7.17. The van der Waals surface area contributed by atoms with Crippen LogP contribution in [0.15, 0.2) is 17.5 Å². The van der Waals surface area contributed by atoms with Crippen LogP contribution in [-0.2, 0) is 5.88 Å². The maximum atomic E-state index is 13.6. The molecule has 1 nitrogen and oxygen atoms in total. The van der Waals surface area contributed by atoms with E-state index >= 15 is 0 Å². The number of fused-ring (bicyclic) bond motifs is 1. The van der Waals surface area contributed by atoms with Crippen molar-refractivity contribution in [2.24, 2.45) is 0 Å². The molecule has 0 fully saturated rings. The third kappa shape index (κ3) is 1.33. The molecule has 0 radical (unpaired) electrons. The van der Waals surface area contributed by atoms with Crippen LogP contribution in [-0.4, -0.2) is 6.29 Å². The van der Waals surface area contributed by atoms with Crippen LogP contribution in [0.1, 0.15) is 15.9 Å². The van der Waals surface area contributed by atoms with Crippen molar-refractivity contribution in [1.29, 1.82) is 0 Å². The van der Waals surface area contributed by atoms with Crippen molar-refractivity contribution in [3.05, 3.63) is 34.5 Å². The summed E-state index contributed by atoms with van der Waals surface area (Å²) in [5.41, 5.74) is 0.493. The van der Waals surface area contributed by atoms with Gasteiger partial charge in [-0.1, -0.05) is 0 Å². The van der Waals surface area contributed by atoms with Crippen molar-refractivity contribution < 1.29 is 9.18 Å². The minimum absolute atomic E-state index is 0.0755. The summed E-state index contributed by atoms with van der Waals surface area (Å²) in [6.45, 7) is 0. The Hall–Kier alpha value is -0.930. The number of hydrogen-bond donors (Lipinski definition) is 0. The molecule has 0 bridgehead atoms. The van der Waals surface area contributed by atoms with Crippen molar-refractivity contribution in [1.82, 2.24) is 0 Å². The highest BCUT2D eigenvalue weighted by Crippen LogP contribution is 2.29. The van der Waals surface area contributed by atoms with E-state index in [2.05, 4.69) is 0 Å². The summed E-state index contributed by atoms with van der Waals surface area (Å²) >= 11 is 7.08. The minimum Gasteiger partial charge on any atom is -0.298 e. The summed E-state index contributed by atoms with van der Waals surface area (Å²) in [5.74, 6) is -0.408. The number of aldehydes is 1. The average molecular weight is 229 g/mol. The summed E-state index contributed by atoms with van der Waals surface area (Å²) < 4.78 is 14.4. The van der Waals surface area contributed by atoms with Gasteiger partial charge in [-0.15, -0.1) is 22.9 Å². The Morgan fingerprint density at radius 1 is 1.57 bits per heavy atom. The zero-order chi connectivity index (χ0) is 10.1. The first-order valence-corrected chi connectivity index (χ1v) is 5.39. The molecule has 0 unspecified atom stereocenters. The normalized spacial score (nSPS) is 10.7. The van der Waals surface area contributed by atoms with Gasteiger partial charge >= 0.3 is 0 Å². The van der Waals surface area contributed by atoms with Crippen LogP contribution in [0.5, 0.6) is 0 Å². The van der Waals surface area contributed by atoms with E-state index in [-0.39, 0.29) is 11.4 Å². The second-order valence-electron chi connectivity index (χ2n) is 2.85. The molecule has 1 aromatic heterocycles. The Bertz CT molecular complexity index is 492. The van der Waals surface area contributed by atoms with Crippen LogP contribution in [0.3, 0.4) is 0 Å². The van der Waals surface area contributed by atoms with Gasteiger partial charge in [-0.25, -0.2) is 4.39 Å². The monoisotopic (exact) mass is 228 g/mol. The summed E-state index contributed by atoms with van der Waals surface area (Å²) in [6.07, 6.45) is 0.516. The van der Waals surface area contributed by atoms with E-state index in [1.54, 1.807) is 6.07 Å². The molecule has 4 heteroatoms. The van der Waals surface area contributed by atoms with Gasteiger partial charge in [-0.3, -0.25) is 4.79 Å². The second-order valence-corrected chi connectivity index (χ2v) is 4.03. The zero-order valence-electron chi connectivity index (χ0n) is 7.09. The molecule has 14 heavy (non-hydrogen) atoms. The van der Waals surface area contributed by atoms with Crippen molar-refractivity contribution in [3.63, 3.8) is 0 Å². The number of thiophene rings is 1. The Kier molecular flexibility index (Phi) is 2.52. The molecule has 0 aliphatic heterocycles. The molecule has 1 aromatic carbocycles. The highest BCUT2D eigenvalue weighted by atomic mass is 35.5. The van der Waals surface area contributed by atoms with Gasteiger partial charge in [0.1, 0.15) is 5.82 Å². The van der Waals surface area contributed by atoms with Gasteiger partial charge in [0.2, 0.25) is 0 Å². The predicted octanol–water partition coefficient (Wildman–Crippen LogP) is 3.59. The highest BCUT2D eigenvalue weighted by Gasteiger charge is 2.12. The fraction of sp³-hybridized carbons (Fsp3) is 0.100. The standard InChI is InChI=1S/C10H6ClFOS/c11-4-8-9(12)7(5-13)3-6-1-2-14-10(6)8/h1-3,5H,4H2. The SMILES string of the molecule is O=Cc1cc2ccsc2c(CCl)c1F. The lowest BCUT2D eigenvalue weighted by atomic mass is 10.1. The molecule has 0 aliphatic carbocycles. The Balaban J connectivity index is 2.87. The first kappa shape index (κ1) is 9.62. The molecule has 0 saturated carbocycles. The number of rotatable bonds is 2. The maximum absolute atomic E-state index is 13.6. The van der Waals surface area contributed by atoms with Crippen molar-refractivity contribution in [3.8, 4) is 0 Å². The summed E-state index contributed by atoms with van der Waals surface area (Å²) in [5, 5.41) is 2.73. The van der Waals surface area contributed by atoms with E-state index in [0.29, 0.717) is 11.8 Å². The lowest BCUT2D eigenvalue weighted by Crippen LogP contribution is -1.93. The predicted molar refractivity (Wildman–Crippen MR) is 56.7 cm³/mol. The molecule has 0 amide bonds. The van der Waals surface area contributed by atoms with E-state index in [4.69, 9.17) is 11.6 Å². The van der Waals surface area contributed by atoms with E-state index in [1.165, 1.54) is 11.3 Å². The molecule has 1 heterocycles. The van der Waals surface area contributed by atoms with Crippen molar-refractivity contribution >= 4 is 39.3 Å². The number of carbonyl (C=O) groups excluding carboxylic acids is 1. The molecule has 0 atom stereocenters. The molecule has 0 saturated heterocycles. The number of carbonyl (C=O) groups is 1. The fourth-order valence-corrected chi connectivity index (χ4v) is 2.64. The summed E-state index contributed by atoms with van der Waals surface area (Å²) in [7, 11) is 0. The topological polar surface area (TPSA) is 17.1 Å². The van der Waals surface area contributed by atoms with Crippen molar-refractivity contribution in [2.75, 3.05) is 0 Å². The Morgan fingerprint density at radius 3 is 3.00 bits per heavy atom. The molecule has 0 N–H and O–H groups in total. The van der Waals surface area contributed by atoms with Crippen LogP contribution in [0.4, 0.5) is 4.39 Å². The Labute approximate surface area is 89.1 Å². The van der Waals surface area contributed by atoms with Gasteiger partial charge in [0.15, 0.2) is 6.29 Å². The van der Waals surface area contributed by atoms with Gasteiger partial charge in [-0.2, -0.15) is 0 Å². The molecule has 0 aliphatic rings. The van der Waals surface area contributed by atoms with Crippen LogP contribution in [0.25, 0.3) is 10.1 Å². The molecule has 2 rings (SSSR count). The minimum atomic E-state index is -0.495. The summed E-state index contributed by atoms with van der Waals surface area (Å²) in [6, 6.07) is 3.40. The van der Waals surface area contributed by atoms with Gasteiger partial charge in [-0.05, 0) is 22.9 Å². The van der Waals surface area contributed by atoms with E-state index in [9.17, 15) is 9.18 Å². The maximum Gasteiger partial charge on any atom is 0.153 e. The first-order chi connectivity index (χ1) is 6.77. The molecule has 72 valence electrons. The van der Waals surface area contributed by atoms with Gasteiger partial charge < -0.3 is 0 Å². The van der Waals surface area contributed by atoms with E-state index in [1.807, 2.05) is 11.4 Å². The average Bonchev–Trinajstić information content (AvgIpc) is 2.64. The van der Waals surface area contributed by atoms with Crippen LogP contribution in [0.2, 0.25) is 0 Å². The second kappa shape index (κ2) is 3.67. The third-order valence-electron chi connectivity index (χ3n) is 2.06. The van der Waals surface area contributed by atoms with Gasteiger partial charge in [0.25, 0.3) is 0 Å². The quantitative estimate of drug-likeness (QED) is 0.567. The largest absolute Gasteiger partial charge is 0.298 e. The summed E-state index contributed by atoms with van der Waals surface area (Å²) in [4.78, 5) is 10.6. The smallest absolute Gasteiger partial charge is 0.153 e. The number of benzene rings is 1. The number of halogens is 2. The first-order valence-electron chi connectivity index (χ1n) is 3.97. The lowest BCUT2D eigenvalue weighted by molar-refractivity contribution is 0.112.